The van der Waals surface area contributed by atoms with Crippen LogP contribution in [0, 0.1) is 11.8 Å². The molecule has 0 aliphatic heterocycles. The molecule has 3 atom stereocenters. The van der Waals surface area contributed by atoms with Gasteiger partial charge < -0.3 is 5.32 Å². The highest BCUT2D eigenvalue weighted by Crippen LogP contribution is 2.60. The lowest BCUT2D eigenvalue weighted by Gasteiger charge is -2.41. The number of fused-ring (bicyclic) bond motifs is 3. The maximum absolute atomic E-state index is 12.6. The minimum Gasteiger partial charge on any atom is -0.350 e. The van der Waals surface area contributed by atoms with E-state index < -0.39 is 0 Å². The average Bonchev–Trinajstić information content (AvgIpc) is 3.17. The topological polar surface area (TPSA) is 29.1 Å². The maximum atomic E-state index is 12.6. The number of halogens is 1. The van der Waals surface area contributed by atoms with Gasteiger partial charge in [-0.15, -0.1) is 0 Å². The summed E-state index contributed by atoms with van der Waals surface area (Å²) in [5, 5.41) is 4.24. The molecule has 2 nitrogen and oxygen atoms in total. The van der Waals surface area contributed by atoms with E-state index in [0.29, 0.717) is 17.7 Å². The summed E-state index contributed by atoms with van der Waals surface area (Å²) in [7, 11) is 0. The minimum atomic E-state index is 0.0579. The van der Waals surface area contributed by atoms with Gasteiger partial charge in [0.25, 0.3) is 0 Å². The van der Waals surface area contributed by atoms with Crippen LogP contribution >= 0.6 is 15.9 Å². The fourth-order valence-corrected chi connectivity index (χ4v) is 4.87. The van der Waals surface area contributed by atoms with Crippen LogP contribution in [0.3, 0.4) is 0 Å². The number of benzene rings is 1. The lowest BCUT2D eigenvalue weighted by atomic mass is 9.78. The van der Waals surface area contributed by atoms with Crippen LogP contribution in [0.5, 0.6) is 0 Å². The third-order valence-electron chi connectivity index (χ3n) is 5.59. The third kappa shape index (κ3) is 1.86. The molecule has 0 saturated heterocycles. The van der Waals surface area contributed by atoms with Crippen LogP contribution in [0.4, 0.5) is 0 Å². The Morgan fingerprint density at radius 3 is 2.85 bits per heavy atom. The predicted molar refractivity (Wildman–Crippen MR) is 83.0 cm³/mol. The SMILES string of the molecule is O=C(NC1(CBr)CCC1)C1C2CCc3ccccc3C21. The van der Waals surface area contributed by atoms with Crippen molar-refractivity contribution in [1.82, 2.24) is 5.32 Å². The maximum Gasteiger partial charge on any atom is 0.224 e. The van der Waals surface area contributed by atoms with Crippen LogP contribution in [0.1, 0.15) is 42.7 Å². The largest absolute Gasteiger partial charge is 0.350 e. The van der Waals surface area contributed by atoms with Gasteiger partial charge in [0.05, 0.1) is 0 Å². The van der Waals surface area contributed by atoms with Crippen LogP contribution in [0.25, 0.3) is 0 Å². The molecule has 3 aliphatic carbocycles. The highest BCUT2D eigenvalue weighted by molar-refractivity contribution is 9.09. The molecule has 1 amide bonds. The fourth-order valence-electron chi connectivity index (χ4n) is 4.16. The molecule has 3 aliphatic rings. The van der Waals surface area contributed by atoms with E-state index in [2.05, 4.69) is 45.5 Å². The van der Waals surface area contributed by atoms with E-state index in [1.807, 2.05) is 0 Å². The Labute approximate surface area is 128 Å². The number of nitrogens with one attached hydrogen (secondary N) is 1. The Kier molecular flexibility index (Phi) is 2.95. The summed E-state index contributed by atoms with van der Waals surface area (Å²) in [4.78, 5) is 12.6. The summed E-state index contributed by atoms with van der Waals surface area (Å²) < 4.78 is 0. The zero-order chi connectivity index (χ0) is 13.7. The molecule has 106 valence electrons. The van der Waals surface area contributed by atoms with E-state index in [9.17, 15) is 4.79 Å². The molecule has 1 N–H and O–H groups in total. The quantitative estimate of drug-likeness (QED) is 0.844. The zero-order valence-electron chi connectivity index (χ0n) is 11.6. The Morgan fingerprint density at radius 2 is 2.15 bits per heavy atom. The molecule has 2 saturated carbocycles. The molecule has 0 radical (unpaired) electrons. The van der Waals surface area contributed by atoms with Crippen LogP contribution < -0.4 is 5.32 Å². The Morgan fingerprint density at radius 1 is 1.35 bits per heavy atom. The number of carbonyl (C=O) groups is 1. The molecule has 3 unspecified atom stereocenters. The van der Waals surface area contributed by atoms with E-state index in [1.54, 1.807) is 0 Å². The lowest BCUT2D eigenvalue weighted by Crippen LogP contribution is -2.55. The second-order valence-electron chi connectivity index (χ2n) is 6.71. The van der Waals surface area contributed by atoms with Gasteiger partial charge in [-0.05, 0) is 55.1 Å². The van der Waals surface area contributed by atoms with Crippen LogP contribution in [0.15, 0.2) is 24.3 Å². The minimum absolute atomic E-state index is 0.0579. The van der Waals surface area contributed by atoms with Crippen LogP contribution in [-0.2, 0) is 11.2 Å². The number of rotatable bonds is 3. The molecule has 1 aromatic carbocycles. The molecule has 0 heterocycles. The second-order valence-corrected chi connectivity index (χ2v) is 7.27. The highest BCUT2D eigenvalue weighted by atomic mass is 79.9. The smallest absolute Gasteiger partial charge is 0.224 e. The Balaban J connectivity index is 1.51. The van der Waals surface area contributed by atoms with Gasteiger partial charge in [0, 0.05) is 16.8 Å². The van der Waals surface area contributed by atoms with Gasteiger partial charge in [0.15, 0.2) is 0 Å². The van der Waals surface area contributed by atoms with Crippen molar-refractivity contribution in [2.45, 2.75) is 43.6 Å². The van der Waals surface area contributed by atoms with Crippen molar-refractivity contribution < 1.29 is 4.79 Å². The molecular weight excluding hydrogens is 314 g/mol. The number of hydrogen-bond acceptors (Lipinski definition) is 1. The first-order valence-electron chi connectivity index (χ1n) is 7.70. The van der Waals surface area contributed by atoms with Gasteiger partial charge in [0.2, 0.25) is 5.91 Å². The number of amides is 1. The molecule has 1 aromatic rings. The molecule has 3 heteroatoms. The van der Waals surface area contributed by atoms with E-state index in [-0.39, 0.29) is 11.5 Å². The molecule has 20 heavy (non-hydrogen) atoms. The third-order valence-corrected chi connectivity index (χ3v) is 6.66. The second kappa shape index (κ2) is 4.59. The summed E-state index contributed by atoms with van der Waals surface area (Å²) >= 11 is 3.57. The van der Waals surface area contributed by atoms with Gasteiger partial charge in [-0.3, -0.25) is 4.79 Å². The summed E-state index contributed by atoms with van der Waals surface area (Å²) in [6.45, 7) is 0. The summed E-state index contributed by atoms with van der Waals surface area (Å²) in [5.41, 5.74) is 2.95. The highest BCUT2D eigenvalue weighted by Gasteiger charge is 2.58. The molecule has 4 rings (SSSR count). The van der Waals surface area contributed by atoms with Crippen molar-refractivity contribution in [3.05, 3.63) is 35.4 Å². The van der Waals surface area contributed by atoms with Crippen molar-refractivity contribution in [1.29, 1.82) is 0 Å². The Bertz CT molecular complexity index is 546. The first kappa shape index (κ1) is 12.9. The standard InChI is InChI=1S/C17H20BrNO/c18-10-17(8-3-9-17)19-16(20)15-13-7-6-11-4-1-2-5-12(11)14(13)15/h1-2,4-5,13-15H,3,6-10H2,(H,19,20). The first-order valence-corrected chi connectivity index (χ1v) is 8.82. The summed E-state index contributed by atoms with van der Waals surface area (Å²) in [6, 6.07) is 8.68. The summed E-state index contributed by atoms with van der Waals surface area (Å²) in [6.07, 6.45) is 5.82. The van der Waals surface area contributed by atoms with Gasteiger partial charge in [-0.1, -0.05) is 40.2 Å². The van der Waals surface area contributed by atoms with Gasteiger partial charge in [0.1, 0.15) is 0 Å². The number of carbonyl (C=O) groups excluding carboxylic acids is 1. The monoisotopic (exact) mass is 333 g/mol. The van der Waals surface area contributed by atoms with E-state index >= 15 is 0 Å². The molecule has 0 bridgehead atoms. The van der Waals surface area contributed by atoms with Crippen molar-refractivity contribution in [3.8, 4) is 0 Å². The molecule has 0 aromatic heterocycles. The average molecular weight is 334 g/mol. The van der Waals surface area contributed by atoms with Crippen molar-refractivity contribution in [2.24, 2.45) is 11.8 Å². The predicted octanol–water partition coefficient (Wildman–Crippen LogP) is 3.40. The van der Waals surface area contributed by atoms with E-state index in [1.165, 1.54) is 24.0 Å². The van der Waals surface area contributed by atoms with E-state index in [0.717, 1.165) is 24.6 Å². The number of hydrogen-bond donors (Lipinski definition) is 1. The van der Waals surface area contributed by atoms with Gasteiger partial charge in [-0.25, -0.2) is 0 Å². The number of alkyl halides is 1. The lowest BCUT2D eigenvalue weighted by molar-refractivity contribution is -0.125. The first-order chi connectivity index (χ1) is 9.74. The molecule has 0 spiro atoms. The fraction of sp³-hybridized carbons (Fsp3) is 0.588. The van der Waals surface area contributed by atoms with Gasteiger partial charge >= 0.3 is 0 Å². The normalized spacial score (nSPS) is 32.5. The number of aryl methyl sites for hydroxylation is 1. The van der Waals surface area contributed by atoms with Crippen LogP contribution in [-0.4, -0.2) is 16.8 Å². The summed E-state index contributed by atoms with van der Waals surface area (Å²) in [5.74, 6) is 1.62. The van der Waals surface area contributed by atoms with Crippen molar-refractivity contribution in [3.63, 3.8) is 0 Å². The van der Waals surface area contributed by atoms with E-state index in [4.69, 9.17) is 0 Å². The molecule has 2 fully saturated rings. The Hall–Kier alpha value is -0.830. The van der Waals surface area contributed by atoms with Crippen molar-refractivity contribution in [2.75, 3.05) is 5.33 Å². The van der Waals surface area contributed by atoms with Crippen LogP contribution in [0.2, 0.25) is 0 Å². The van der Waals surface area contributed by atoms with Crippen molar-refractivity contribution >= 4 is 21.8 Å². The van der Waals surface area contributed by atoms with Gasteiger partial charge in [-0.2, -0.15) is 0 Å². The zero-order valence-corrected chi connectivity index (χ0v) is 13.2. The molecular formula is C17H20BrNO.